The molecule has 0 aromatic heterocycles. The lowest BCUT2D eigenvalue weighted by Gasteiger charge is -2.02. The van der Waals surface area contributed by atoms with Crippen LogP contribution in [0.1, 0.15) is 12.5 Å². The van der Waals surface area contributed by atoms with Crippen molar-refractivity contribution in [3.63, 3.8) is 0 Å². The second kappa shape index (κ2) is 6.81. The summed E-state index contributed by atoms with van der Waals surface area (Å²) in [7, 11) is 0. The van der Waals surface area contributed by atoms with E-state index in [9.17, 15) is 9.59 Å². The summed E-state index contributed by atoms with van der Waals surface area (Å²) in [5.74, 6) is -0.784. The molecule has 0 aliphatic heterocycles. The molecule has 0 spiro atoms. The molecule has 0 aliphatic carbocycles. The van der Waals surface area contributed by atoms with Gasteiger partial charge in [0, 0.05) is 0 Å². The second-order valence-corrected chi connectivity index (χ2v) is 3.14. The number of hydrogen-bond donors (Lipinski definition) is 1. The van der Waals surface area contributed by atoms with Gasteiger partial charge in [0.05, 0.1) is 23.9 Å². The first-order valence-electron chi connectivity index (χ1n) is 5.17. The molecule has 0 radical (unpaired) electrons. The molecule has 0 saturated carbocycles. The summed E-state index contributed by atoms with van der Waals surface area (Å²) < 4.78 is 4.64. The number of rotatable bonds is 5. The molecule has 0 aliphatic rings. The Balaban J connectivity index is 2.73. The lowest BCUT2D eigenvalue weighted by atomic mass is 10.2. The molecule has 0 amide bonds. The van der Waals surface area contributed by atoms with Crippen LogP contribution in [0.15, 0.2) is 29.4 Å². The topological polar surface area (TPSA) is 91.6 Å². The molecule has 0 saturated heterocycles. The standard InChI is InChI=1S/C12H11N3O3/c1-2-18-12(17)11(8-16)15-14-10-5-3-9(7-13)4-6-10/h3-6,8,14H,2H2,1H3/b15-11+. The largest absolute Gasteiger partial charge is 0.461 e. The van der Waals surface area contributed by atoms with E-state index in [1.807, 2.05) is 6.07 Å². The van der Waals surface area contributed by atoms with Crippen LogP contribution < -0.4 is 5.43 Å². The van der Waals surface area contributed by atoms with Gasteiger partial charge in [0.25, 0.3) is 0 Å². The Hall–Kier alpha value is -2.68. The minimum absolute atomic E-state index is 0.169. The minimum Gasteiger partial charge on any atom is -0.461 e. The van der Waals surface area contributed by atoms with Crippen LogP contribution in [0.5, 0.6) is 0 Å². The van der Waals surface area contributed by atoms with E-state index in [-0.39, 0.29) is 12.3 Å². The number of carbonyl (C=O) groups is 2. The molecule has 1 aromatic carbocycles. The Labute approximate surface area is 104 Å². The van der Waals surface area contributed by atoms with E-state index in [1.54, 1.807) is 31.2 Å². The molecule has 1 aromatic rings. The van der Waals surface area contributed by atoms with E-state index in [0.717, 1.165) is 0 Å². The number of ether oxygens (including phenoxy) is 1. The van der Waals surface area contributed by atoms with Gasteiger partial charge in [-0.3, -0.25) is 10.2 Å². The summed E-state index contributed by atoms with van der Waals surface area (Å²) in [5.41, 5.74) is 3.25. The summed E-state index contributed by atoms with van der Waals surface area (Å²) in [6.07, 6.45) is 0.314. The average Bonchev–Trinajstić information content (AvgIpc) is 2.40. The van der Waals surface area contributed by atoms with Gasteiger partial charge in [-0.2, -0.15) is 10.4 Å². The molecule has 1 N–H and O–H groups in total. The number of nitrogens with one attached hydrogen (secondary N) is 1. The molecule has 6 heteroatoms. The molecule has 6 nitrogen and oxygen atoms in total. The minimum atomic E-state index is -0.784. The van der Waals surface area contributed by atoms with Crippen molar-refractivity contribution < 1.29 is 14.3 Å². The molecular formula is C12H11N3O3. The Morgan fingerprint density at radius 1 is 1.50 bits per heavy atom. The third-order valence-electron chi connectivity index (χ3n) is 1.92. The van der Waals surface area contributed by atoms with Gasteiger partial charge in [0.1, 0.15) is 0 Å². The van der Waals surface area contributed by atoms with Crippen LogP contribution >= 0.6 is 0 Å². The summed E-state index contributed by atoms with van der Waals surface area (Å²) >= 11 is 0. The number of carbonyl (C=O) groups excluding carboxylic acids is 2. The molecule has 0 bridgehead atoms. The second-order valence-electron chi connectivity index (χ2n) is 3.14. The molecule has 0 unspecified atom stereocenters. The van der Waals surface area contributed by atoms with E-state index >= 15 is 0 Å². The molecule has 92 valence electrons. The summed E-state index contributed by atoms with van der Waals surface area (Å²) in [5, 5.41) is 12.2. The molecule has 18 heavy (non-hydrogen) atoms. The van der Waals surface area contributed by atoms with Crippen LogP contribution in [-0.4, -0.2) is 24.6 Å². The highest BCUT2D eigenvalue weighted by Crippen LogP contribution is 2.08. The van der Waals surface area contributed by atoms with E-state index in [0.29, 0.717) is 17.5 Å². The Kier molecular flexibility index (Phi) is 5.06. The summed E-state index contributed by atoms with van der Waals surface area (Å²) in [6.45, 7) is 1.80. The van der Waals surface area contributed by atoms with Crippen molar-refractivity contribution in [2.75, 3.05) is 12.0 Å². The molecule has 1 rings (SSSR count). The highest BCUT2D eigenvalue weighted by molar-refractivity contribution is 6.58. The van der Waals surface area contributed by atoms with Crippen molar-refractivity contribution >= 4 is 23.7 Å². The van der Waals surface area contributed by atoms with E-state index < -0.39 is 5.97 Å². The fraction of sp³-hybridized carbons (Fsp3) is 0.167. The number of aldehydes is 1. The monoisotopic (exact) mass is 245 g/mol. The molecule has 0 atom stereocenters. The van der Waals surface area contributed by atoms with Crippen molar-refractivity contribution in [1.29, 1.82) is 5.26 Å². The first-order chi connectivity index (χ1) is 8.71. The average molecular weight is 245 g/mol. The lowest BCUT2D eigenvalue weighted by molar-refractivity contribution is -0.135. The fourth-order valence-corrected chi connectivity index (χ4v) is 1.07. The van der Waals surface area contributed by atoms with Gasteiger partial charge in [0.2, 0.25) is 5.71 Å². The zero-order chi connectivity index (χ0) is 13.4. The SMILES string of the molecule is CCOC(=O)/C(C=O)=N/Nc1ccc(C#N)cc1. The number of nitriles is 1. The van der Waals surface area contributed by atoms with Crippen LogP contribution in [0, 0.1) is 11.3 Å². The van der Waals surface area contributed by atoms with Crippen LogP contribution in [0.2, 0.25) is 0 Å². The number of esters is 1. The molecule has 0 heterocycles. The summed E-state index contributed by atoms with van der Waals surface area (Å²) in [6, 6.07) is 8.36. The molecule has 0 fully saturated rings. The maximum Gasteiger partial charge on any atom is 0.362 e. The number of hydrazone groups is 1. The normalized spacial score (nSPS) is 10.3. The van der Waals surface area contributed by atoms with Crippen molar-refractivity contribution in [2.24, 2.45) is 5.10 Å². The zero-order valence-corrected chi connectivity index (χ0v) is 9.71. The van der Waals surface area contributed by atoms with Crippen LogP contribution in [0.4, 0.5) is 5.69 Å². The van der Waals surface area contributed by atoms with E-state index in [1.165, 1.54) is 0 Å². The van der Waals surface area contributed by atoms with Crippen LogP contribution in [0.3, 0.4) is 0 Å². The van der Waals surface area contributed by atoms with E-state index in [2.05, 4.69) is 15.3 Å². The number of anilines is 1. The quantitative estimate of drug-likeness (QED) is 0.275. The zero-order valence-electron chi connectivity index (χ0n) is 9.71. The van der Waals surface area contributed by atoms with Crippen molar-refractivity contribution in [3.8, 4) is 6.07 Å². The van der Waals surface area contributed by atoms with Gasteiger partial charge in [-0.15, -0.1) is 0 Å². The predicted molar refractivity (Wildman–Crippen MR) is 64.9 cm³/mol. The third-order valence-corrected chi connectivity index (χ3v) is 1.92. The third kappa shape index (κ3) is 3.72. The van der Waals surface area contributed by atoms with Gasteiger partial charge in [0.15, 0.2) is 6.29 Å². The van der Waals surface area contributed by atoms with Crippen molar-refractivity contribution in [2.45, 2.75) is 6.92 Å². The number of benzene rings is 1. The fourth-order valence-electron chi connectivity index (χ4n) is 1.07. The van der Waals surface area contributed by atoms with Gasteiger partial charge in [-0.25, -0.2) is 4.79 Å². The van der Waals surface area contributed by atoms with Crippen molar-refractivity contribution in [1.82, 2.24) is 0 Å². The van der Waals surface area contributed by atoms with Crippen LogP contribution in [-0.2, 0) is 14.3 Å². The first-order valence-corrected chi connectivity index (χ1v) is 5.17. The van der Waals surface area contributed by atoms with Crippen LogP contribution in [0.25, 0.3) is 0 Å². The maximum atomic E-state index is 11.2. The van der Waals surface area contributed by atoms with Crippen molar-refractivity contribution in [3.05, 3.63) is 29.8 Å². The number of hydrogen-bond acceptors (Lipinski definition) is 6. The Morgan fingerprint density at radius 2 is 2.17 bits per heavy atom. The lowest BCUT2D eigenvalue weighted by Crippen LogP contribution is -2.20. The highest BCUT2D eigenvalue weighted by Gasteiger charge is 2.11. The summed E-state index contributed by atoms with van der Waals surface area (Å²) in [4.78, 5) is 21.9. The van der Waals surface area contributed by atoms with Gasteiger partial charge < -0.3 is 4.74 Å². The predicted octanol–water partition coefficient (Wildman–Crippen LogP) is 1.09. The number of nitrogens with zero attached hydrogens (tertiary/aromatic N) is 2. The van der Waals surface area contributed by atoms with Gasteiger partial charge in [-0.05, 0) is 31.2 Å². The van der Waals surface area contributed by atoms with E-state index in [4.69, 9.17) is 5.26 Å². The van der Waals surface area contributed by atoms with Gasteiger partial charge >= 0.3 is 5.97 Å². The Morgan fingerprint density at radius 3 is 2.67 bits per heavy atom. The highest BCUT2D eigenvalue weighted by atomic mass is 16.5. The van der Waals surface area contributed by atoms with Gasteiger partial charge in [-0.1, -0.05) is 0 Å². The first kappa shape index (κ1) is 13.4. The molecular weight excluding hydrogens is 234 g/mol. The smallest absolute Gasteiger partial charge is 0.362 e. The Bertz CT molecular complexity index is 500. The maximum absolute atomic E-state index is 11.2.